The van der Waals surface area contributed by atoms with Crippen molar-refractivity contribution in [1.29, 1.82) is 0 Å². The van der Waals surface area contributed by atoms with Gasteiger partial charge in [0.25, 0.3) is 0 Å². The van der Waals surface area contributed by atoms with Crippen molar-refractivity contribution in [3.8, 4) is 0 Å². The Morgan fingerprint density at radius 1 is 0.691 bits per heavy atom. The second-order valence-electron chi connectivity index (χ2n) is 14.9. The number of phosphoric acid groups is 2. The highest BCUT2D eigenvalue weighted by Gasteiger charge is 2.36. The van der Waals surface area contributed by atoms with E-state index in [4.69, 9.17) is 28.5 Å². The SMILES string of the molecule is CCCCCC1OC1C/C=C\CCCCCCCC(=O)OC[C@H](COP(=O)(O)OC[C@@H](O)COP(=O)(O)O)OC(=O)CCCCCCCCCCC(C)CC. The second kappa shape index (κ2) is 31.8. The second-order valence-corrected chi connectivity index (χ2v) is 17.6. The summed E-state index contributed by atoms with van der Waals surface area (Å²) >= 11 is 0. The van der Waals surface area contributed by atoms with Crippen LogP contribution in [0.2, 0.25) is 0 Å². The molecule has 1 heterocycles. The first-order valence-electron chi connectivity index (χ1n) is 20.9. The molecule has 1 aliphatic heterocycles. The zero-order valence-electron chi connectivity index (χ0n) is 33.9. The lowest BCUT2D eigenvalue weighted by atomic mass is 9.99. The van der Waals surface area contributed by atoms with Gasteiger partial charge in [0, 0.05) is 12.8 Å². The Kier molecular flexibility index (Phi) is 29.9. The van der Waals surface area contributed by atoms with Crippen LogP contribution in [0.5, 0.6) is 0 Å². The molecule has 0 amide bonds. The molecule has 0 bridgehead atoms. The highest BCUT2D eigenvalue weighted by molar-refractivity contribution is 7.47. The summed E-state index contributed by atoms with van der Waals surface area (Å²) in [4.78, 5) is 52.6. The van der Waals surface area contributed by atoms with Crippen molar-refractivity contribution < 1.29 is 66.3 Å². The minimum Gasteiger partial charge on any atom is -0.462 e. The normalized spacial score (nSPS) is 18.5. The predicted molar refractivity (Wildman–Crippen MR) is 211 cm³/mol. The lowest BCUT2D eigenvalue weighted by Gasteiger charge is -2.20. The van der Waals surface area contributed by atoms with Crippen molar-refractivity contribution in [3.05, 3.63) is 12.2 Å². The lowest BCUT2D eigenvalue weighted by molar-refractivity contribution is -0.161. The number of phosphoric ester groups is 2. The summed E-state index contributed by atoms with van der Waals surface area (Å²) in [5, 5.41) is 9.73. The Morgan fingerprint density at radius 3 is 1.91 bits per heavy atom. The Hall–Kier alpha value is -1.18. The highest BCUT2D eigenvalue weighted by Crippen LogP contribution is 2.44. The lowest BCUT2D eigenvalue weighted by Crippen LogP contribution is -2.30. The molecule has 4 N–H and O–H groups in total. The summed E-state index contributed by atoms with van der Waals surface area (Å²) in [6.45, 7) is 4.00. The molecule has 6 atom stereocenters. The van der Waals surface area contributed by atoms with E-state index in [1.54, 1.807) is 0 Å². The highest BCUT2D eigenvalue weighted by atomic mass is 31.2. The van der Waals surface area contributed by atoms with E-state index in [-0.39, 0.29) is 12.8 Å². The zero-order valence-corrected chi connectivity index (χ0v) is 35.7. The monoisotopic (exact) mass is 828 g/mol. The average molecular weight is 829 g/mol. The summed E-state index contributed by atoms with van der Waals surface area (Å²) in [6, 6.07) is 0. The van der Waals surface area contributed by atoms with Crippen LogP contribution in [0.3, 0.4) is 0 Å². The fourth-order valence-electron chi connectivity index (χ4n) is 5.92. The Morgan fingerprint density at radius 2 is 1.27 bits per heavy atom. The van der Waals surface area contributed by atoms with Gasteiger partial charge in [-0.1, -0.05) is 129 Å². The van der Waals surface area contributed by atoms with Crippen LogP contribution in [0.4, 0.5) is 0 Å². The molecular formula is C39H74O14P2. The molecule has 0 radical (unpaired) electrons. The predicted octanol–water partition coefficient (Wildman–Crippen LogP) is 9.02. The van der Waals surface area contributed by atoms with E-state index in [2.05, 4.69) is 42.0 Å². The Labute approximate surface area is 330 Å². The third kappa shape index (κ3) is 32.5. The van der Waals surface area contributed by atoms with Crippen molar-refractivity contribution >= 4 is 27.6 Å². The van der Waals surface area contributed by atoms with Crippen molar-refractivity contribution in [2.75, 3.05) is 26.4 Å². The summed E-state index contributed by atoms with van der Waals surface area (Å²) in [6.07, 6.45) is 25.3. The molecule has 0 saturated carbocycles. The van der Waals surface area contributed by atoms with Gasteiger partial charge in [-0.25, -0.2) is 9.13 Å². The number of hydrogen-bond donors (Lipinski definition) is 4. The maximum Gasteiger partial charge on any atom is 0.472 e. The van der Waals surface area contributed by atoms with Crippen molar-refractivity contribution in [2.24, 2.45) is 5.92 Å². The van der Waals surface area contributed by atoms with Gasteiger partial charge in [-0.05, 0) is 44.4 Å². The Balaban J connectivity index is 2.37. The van der Waals surface area contributed by atoms with Gasteiger partial charge in [-0.3, -0.25) is 23.2 Å². The number of epoxide rings is 1. The largest absolute Gasteiger partial charge is 0.472 e. The molecule has 0 aromatic heterocycles. The molecule has 4 unspecified atom stereocenters. The van der Waals surface area contributed by atoms with Crippen LogP contribution in [-0.2, 0) is 46.5 Å². The molecule has 0 aromatic rings. The summed E-state index contributed by atoms with van der Waals surface area (Å²) in [7, 11) is -9.67. The van der Waals surface area contributed by atoms with E-state index < -0.39 is 66.2 Å². The molecule has 14 nitrogen and oxygen atoms in total. The fraction of sp³-hybridized carbons (Fsp3) is 0.897. The maximum atomic E-state index is 12.6. The van der Waals surface area contributed by atoms with Gasteiger partial charge < -0.3 is 34.0 Å². The first-order valence-corrected chi connectivity index (χ1v) is 23.9. The van der Waals surface area contributed by atoms with Crippen LogP contribution in [0, 0.1) is 5.92 Å². The van der Waals surface area contributed by atoms with Crippen molar-refractivity contribution in [1.82, 2.24) is 0 Å². The van der Waals surface area contributed by atoms with Gasteiger partial charge in [-0.15, -0.1) is 0 Å². The van der Waals surface area contributed by atoms with Crippen molar-refractivity contribution in [3.63, 3.8) is 0 Å². The molecule has 16 heteroatoms. The third-order valence-electron chi connectivity index (χ3n) is 9.61. The molecule has 0 spiro atoms. The number of carbonyl (C=O) groups excluding carboxylic acids is 2. The van der Waals surface area contributed by atoms with Gasteiger partial charge >= 0.3 is 27.6 Å². The molecule has 0 aromatic carbocycles. The Bertz CT molecular complexity index is 1120. The summed E-state index contributed by atoms with van der Waals surface area (Å²) in [5.41, 5.74) is 0. The molecule has 0 aliphatic carbocycles. The van der Waals surface area contributed by atoms with E-state index in [0.717, 1.165) is 63.7 Å². The number of carbonyl (C=O) groups is 2. The number of aliphatic hydroxyl groups is 1. The molecule has 1 rings (SSSR count). The molecule has 1 saturated heterocycles. The molecule has 1 aliphatic rings. The van der Waals surface area contributed by atoms with Crippen LogP contribution in [-0.4, -0.2) is 82.6 Å². The zero-order chi connectivity index (χ0) is 40.8. The van der Waals surface area contributed by atoms with E-state index in [1.807, 2.05) is 0 Å². The number of unbranched alkanes of at least 4 members (excludes halogenated alkanes) is 14. The van der Waals surface area contributed by atoms with Gasteiger partial charge in [-0.2, -0.15) is 0 Å². The molecule has 1 fully saturated rings. The number of esters is 2. The fourth-order valence-corrected chi connectivity index (χ4v) is 7.07. The number of hydrogen-bond acceptors (Lipinski definition) is 11. The smallest absolute Gasteiger partial charge is 0.462 e. The minimum atomic E-state index is -4.86. The topological polar surface area (TPSA) is 208 Å². The van der Waals surface area contributed by atoms with Gasteiger partial charge in [0.2, 0.25) is 0 Å². The average Bonchev–Trinajstić information content (AvgIpc) is 3.89. The van der Waals surface area contributed by atoms with Crippen LogP contribution in [0.1, 0.15) is 168 Å². The van der Waals surface area contributed by atoms with E-state index in [9.17, 15) is 28.7 Å². The van der Waals surface area contributed by atoms with Crippen LogP contribution in [0.15, 0.2) is 12.2 Å². The van der Waals surface area contributed by atoms with Crippen LogP contribution >= 0.6 is 15.6 Å². The number of ether oxygens (including phenoxy) is 3. The van der Waals surface area contributed by atoms with Crippen molar-refractivity contribution in [2.45, 2.75) is 193 Å². The first-order chi connectivity index (χ1) is 26.2. The molecular weight excluding hydrogens is 754 g/mol. The number of rotatable bonds is 38. The number of allylic oxidation sites excluding steroid dienone is 1. The van der Waals surface area contributed by atoms with E-state index in [1.165, 1.54) is 64.2 Å². The summed E-state index contributed by atoms with van der Waals surface area (Å²) < 4.78 is 53.4. The third-order valence-corrected chi connectivity index (χ3v) is 11.0. The molecule has 55 heavy (non-hydrogen) atoms. The quantitative estimate of drug-likeness (QED) is 0.0151. The van der Waals surface area contributed by atoms with Gasteiger partial charge in [0.15, 0.2) is 6.10 Å². The molecule has 324 valence electrons. The van der Waals surface area contributed by atoms with E-state index in [0.29, 0.717) is 25.0 Å². The maximum absolute atomic E-state index is 12.6. The number of aliphatic hydroxyl groups excluding tert-OH is 1. The first kappa shape index (κ1) is 51.8. The van der Waals surface area contributed by atoms with Gasteiger partial charge in [0.1, 0.15) is 12.7 Å². The standard InChI is InChI=1S/C39H74O14P2/c1-4-6-19-25-36-37(53-36)26-21-16-12-8-10-13-17-22-27-38(41)48-31-35(32-51-55(46,47)50-30-34(40)29-49-54(43,44)45)52-39(42)28-23-18-14-9-7-11-15-20-24-33(3)5-2/h16,21,33-37,40H,4-15,17-20,22-32H2,1-3H3,(H,46,47)(H2,43,44,45)/b21-16-/t33?,34-,35+,36?,37?/m0/s1. The van der Waals surface area contributed by atoms with Gasteiger partial charge in [0.05, 0.1) is 32.0 Å². The van der Waals surface area contributed by atoms with Crippen LogP contribution < -0.4 is 0 Å². The van der Waals surface area contributed by atoms with E-state index >= 15 is 0 Å². The van der Waals surface area contributed by atoms with Crippen LogP contribution in [0.25, 0.3) is 0 Å². The minimum absolute atomic E-state index is 0.128. The summed E-state index contributed by atoms with van der Waals surface area (Å²) in [5.74, 6) is -0.264.